The van der Waals surface area contributed by atoms with Crippen molar-refractivity contribution < 1.29 is 13.2 Å². The number of methoxy groups -OCH3 is 1. The van der Waals surface area contributed by atoms with E-state index in [1.54, 1.807) is 7.11 Å². The normalized spacial score (nSPS) is 11.5. The fourth-order valence-corrected chi connectivity index (χ4v) is 4.49. The average Bonchev–Trinajstić information content (AvgIpc) is 2.51. The van der Waals surface area contributed by atoms with Gasteiger partial charge in [-0.15, -0.1) is 0 Å². The Balaban J connectivity index is 2.27. The molecule has 0 atom stereocenters. The minimum absolute atomic E-state index is 0.233. The summed E-state index contributed by atoms with van der Waals surface area (Å²) in [5.74, 6) is 0.741. The molecule has 6 heteroatoms. The zero-order valence-electron chi connectivity index (χ0n) is 13.6. The quantitative estimate of drug-likeness (QED) is 0.832. The van der Waals surface area contributed by atoms with Crippen LogP contribution in [0.15, 0.2) is 39.7 Å². The van der Waals surface area contributed by atoms with Gasteiger partial charge in [0.1, 0.15) is 5.75 Å². The van der Waals surface area contributed by atoms with Crippen LogP contribution in [0.5, 0.6) is 5.75 Å². The first-order valence-electron chi connectivity index (χ1n) is 7.15. The van der Waals surface area contributed by atoms with Gasteiger partial charge in [0, 0.05) is 11.0 Å². The molecule has 2 rings (SSSR count). The highest BCUT2D eigenvalue weighted by molar-refractivity contribution is 9.10. The molecule has 0 spiro atoms. The molecule has 1 N–H and O–H groups in total. The number of sulfonamides is 1. The predicted molar refractivity (Wildman–Crippen MR) is 95.4 cm³/mol. The molecule has 2 aromatic rings. The Hall–Kier alpha value is -1.37. The van der Waals surface area contributed by atoms with Crippen LogP contribution in [0.4, 0.5) is 0 Å². The summed E-state index contributed by atoms with van der Waals surface area (Å²) in [6.45, 7) is 5.81. The number of halogens is 1. The largest absolute Gasteiger partial charge is 0.497 e. The number of ether oxygens (including phenoxy) is 1. The molecule has 4 nitrogen and oxygen atoms in total. The molecule has 0 aromatic heterocycles. The molecular formula is C17H20BrNO3S. The third-order valence-electron chi connectivity index (χ3n) is 3.70. The molecule has 0 saturated heterocycles. The van der Waals surface area contributed by atoms with E-state index in [1.165, 1.54) is 0 Å². The summed E-state index contributed by atoms with van der Waals surface area (Å²) in [5.41, 5.74) is 3.36. The van der Waals surface area contributed by atoms with E-state index >= 15 is 0 Å². The highest BCUT2D eigenvalue weighted by atomic mass is 79.9. The van der Waals surface area contributed by atoms with Crippen molar-refractivity contribution in [2.45, 2.75) is 32.2 Å². The second-order valence-electron chi connectivity index (χ2n) is 5.45. The lowest BCUT2D eigenvalue weighted by atomic mass is 10.1. The fourth-order valence-electron chi connectivity index (χ4n) is 2.55. The molecule has 0 amide bonds. The first-order valence-corrected chi connectivity index (χ1v) is 9.42. The fraction of sp³-hybridized carbons (Fsp3) is 0.294. The molecule has 0 unspecified atom stereocenters. The maximum atomic E-state index is 12.7. The minimum atomic E-state index is -3.59. The molecule has 124 valence electrons. The first-order chi connectivity index (χ1) is 10.8. The summed E-state index contributed by atoms with van der Waals surface area (Å²) in [6.07, 6.45) is 0. The third kappa shape index (κ3) is 3.94. The van der Waals surface area contributed by atoms with Crippen molar-refractivity contribution in [3.05, 3.63) is 57.1 Å². The van der Waals surface area contributed by atoms with Gasteiger partial charge in [-0.05, 0) is 55.2 Å². The van der Waals surface area contributed by atoms with Crippen LogP contribution in [-0.4, -0.2) is 15.5 Å². The predicted octanol–water partition coefficient (Wildman–Crippen LogP) is 3.86. The van der Waals surface area contributed by atoms with Crippen LogP contribution in [0, 0.1) is 20.8 Å². The molecule has 0 radical (unpaired) electrons. The van der Waals surface area contributed by atoms with E-state index in [1.807, 2.05) is 51.1 Å². The van der Waals surface area contributed by atoms with E-state index in [4.69, 9.17) is 4.74 Å². The Morgan fingerprint density at radius 3 is 2.26 bits per heavy atom. The van der Waals surface area contributed by atoms with E-state index in [9.17, 15) is 8.42 Å². The lowest BCUT2D eigenvalue weighted by Crippen LogP contribution is -2.25. The number of aryl methyl sites for hydroxylation is 2. The van der Waals surface area contributed by atoms with E-state index in [-0.39, 0.29) is 6.54 Å². The van der Waals surface area contributed by atoms with E-state index in [0.717, 1.165) is 32.5 Å². The van der Waals surface area contributed by atoms with Crippen molar-refractivity contribution in [3.63, 3.8) is 0 Å². The van der Waals surface area contributed by atoms with Crippen molar-refractivity contribution >= 4 is 26.0 Å². The highest BCUT2D eigenvalue weighted by Gasteiger charge is 2.21. The van der Waals surface area contributed by atoms with Gasteiger partial charge >= 0.3 is 0 Å². The Labute approximate surface area is 146 Å². The lowest BCUT2D eigenvalue weighted by molar-refractivity contribution is 0.414. The smallest absolute Gasteiger partial charge is 0.241 e. The number of hydrogen-bond acceptors (Lipinski definition) is 3. The van der Waals surface area contributed by atoms with Gasteiger partial charge in [0.25, 0.3) is 0 Å². The van der Waals surface area contributed by atoms with E-state index in [0.29, 0.717) is 4.90 Å². The average molecular weight is 398 g/mol. The van der Waals surface area contributed by atoms with Crippen LogP contribution in [0.25, 0.3) is 0 Å². The third-order valence-corrected chi connectivity index (χ3v) is 6.61. The van der Waals surface area contributed by atoms with Gasteiger partial charge in [-0.25, -0.2) is 13.1 Å². The van der Waals surface area contributed by atoms with Gasteiger partial charge in [-0.2, -0.15) is 0 Å². The number of rotatable bonds is 5. The SMILES string of the molecule is COc1ccc(CNS(=O)(=O)c2c(C)cc(C)c(Br)c2C)cc1. The Bertz CT molecular complexity index is 815. The van der Waals surface area contributed by atoms with Crippen molar-refractivity contribution in [2.75, 3.05) is 7.11 Å². The van der Waals surface area contributed by atoms with E-state index in [2.05, 4.69) is 20.7 Å². The summed E-state index contributed by atoms with van der Waals surface area (Å²) < 4.78 is 33.9. The molecule has 0 aliphatic rings. The van der Waals surface area contributed by atoms with Gasteiger partial charge in [-0.3, -0.25) is 0 Å². The summed E-state index contributed by atoms with van der Waals surface area (Å²) in [7, 11) is -1.99. The first kappa shape index (κ1) is 18.0. The van der Waals surface area contributed by atoms with Crippen molar-refractivity contribution in [3.8, 4) is 5.75 Å². The monoisotopic (exact) mass is 397 g/mol. The molecule has 2 aromatic carbocycles. The number of benzene rings is 2. The van der Waals surface area contributed by atoms with Crippen LogP contribution in [0.2, 0.25) is 0 Å². The molecule has 0 heterocycles. The molecular weight excluding hydrogens is 378 g/mol. The molecule has 23 heavy (non-hydrogen) atoms. The maximum absolute atomic E-state index is 12.7. The Morgan fingerprint density at radius 2 is 1.70 bits per heavy atom. The molecule has 0 aliphatic carbocycles. The van der Waals surface area contributed by atoms with Crippen molar-refractivity contribution in [1.29, 1.82) is 0 Å². The van der Waals surface area contributed by atoms with Gasteiger partial charge in [0.15, 0.2) is 0 Å². The van der Waals surface area contributed by atoms with Crippen LogP contribution in [0.3, 0.4) is 0 Å². The lowest BCUT2D eigenvalue weighted by Gasteiger charge is -2.15. The zero-order chi connectivity index (χ0) is 17.2. The van der Waals surface area contributed by atoms with Gasteiger partial charge in [-0.1, -0.05) is 34.1 Å². The molecule has 0 bridgehead atoms. The highest BCUT2D eigenvalue weighted by Crippen LogP contribution is 2.30. The van der Waals surface area contributed by atoms with Gasteiger partial charge in [0.05, 0.1) is 12.0 Å². The topological polar surface area (TPSA) is 55.4 Å². The van der Waals surface area contributed by atoms with Crippen molar-refractivity contribution in [2.24, 2.45) is 0 Å². The summed E-state index contributed by atoms with van der Waals surface area (Å²) in [6, 6.07) is 9.17. The standard InChI is InChI=1S/C17H20BrNO3S/c1-11-9-12(2)17(13(3)16(11)18)23(20,21)19-10-14-5-7-15(22-4)8-6-14/h5-9,19H,10H2,1-4H3. The molecule has 0 aliphatic heterocycles. The second kappa shape index (κ2) is 7.03. The number of hydrogen-bond donors (Lipinski definition) is 1. The molecule has 0 fully saturated rings. The Morgan fingerprint density at radius 1 is 1.09 bits per heavy atom. The minimum Gasteiger partial charge on any atom is -0.497 e. The van der Waals surface area contributed by atoms with Crippen LogP contribution in [-0.2, 0) is 16.6 Å². The van der Waals surface area contributed by atoms with Crippen LogP contribution in [0.1, 0.15) is 22.3 Å². The zero-order valence-corrected chi connectivity index (χ0v) is 16.0. The number of nitrogens with one attached hydrogen (secondary N) is 1. The van der Waals surface area contributed by atoms with Crippen molar-refractivity contribution in [1.82, 2.24) is 4.72 Å². The summed E-state index contributed by atoms with van der Waals surface area (Å²) in [5, 5.41) is 0. The second-order valence-corrected chi connectivity index (χ2v) is 7.95. The van der Waals surface area contributed by atoms with E-state index < -0.39 is 10.0 Å². The Kier molecular flexibility index (Phi) is 5.49. The van der Waals surface area contributed by atoms with Crippen LogP contribution >= 0.6 is 15.9 Å². The maximum Gasteiger partial charge on any atom is 0.241 e. The molecule has 0 saturated carbocycles. The van der Waals surface area contributed by atoms with Gasteiger partial charge < -0.3 is 4.74 Å². The summed E-state index contributed by atoms with van der Waals surface area (Å²) in [4.78, 5) is 0.337. The van der Waals surface area contributed by atoms with Crippen LogP contribution < -0.4 is 9.46 Å². The van der Waals surface area contributed by atoms with Gasteiger partial charge in [0.2, 0.25) is 10.0 Å². The summed E-state index contributed by atoms with van der Waals surface area (Å²) >= 11 is 3.46.